The summed E-state index contributed by atoms with van der Waals surface area (Å²) in [6.07, 6.45) is -4.11. The Morgan fingerprint density at radius 2 is 1.38 bits per heavy atom. The number of hydrogen-bond acceptors (Lipinski definition) is 10. The Hall–Kier alpha value is -4.09. The van der Waals surface area contributed by atoms with Gasteiger partial charge in [-0.05, 0) is 59.7 Å². The van der Waals surface area contributed by atoms with Gasteiger partial charge in [-0.1, -0.05) is 24.3 Å². The number of benzene rings is 3. The molecule has 0 saturated carbocycles. The summed E-state index contributed by atoms with van der Waals surface area (Å²) in [4.78, 5) is 12.2. The predicted octanol–water partition coefficient (Wildman–Crippen LogP) is 2.02. The van der Waals surface area contributed by atoms with Gasteiger partial charge in [-0.3, -0.25) is 0 Å². The number of aliphatic hydroxyl groups is 3. The summed E-state index contributed by atoms with van der Waals surface area (Å²) in [5.41, 5.74) is 1.51. The number of ether oxygens (including phenoxy) is 3. The first-order valence-electron chi connectivity index (χ1n) is 11.3. The second-order valence-electron chi connectivity index (χ2n) is 8.46. The Morgan fingerprint density at radius 3 is 2.05 bits per heavy atom. The summed E-state index contributed by atoms with van der Waals surface area (Å²) in [5, 5.41) is 59.9. The van der Waals surface area contributed by atoms with Gasteiger partial charge in [-0.25, -0.2) is 4.79 Å². The molecule has 3 aromatic carbocycles. The van der Waals surface area contributed by atoms with E-state index in [9.17, 15) is 35.4 Å². The van der Waals surface area contributed by atoms with E-state index in [-0.39, 0.29) is 28.6 Å². The monoisotopic (exact) mass is 510 g/mol. The van der Waals surface area contributed by atoms with Crippen LogP contribution in [0.3, 0.4) is 0 Å². The number of hydrogen-bond donors (Lipinski definition) is 6. The lowest BCUT2D eigenvalue weighted by molar-refractivity contribution is -0.277. The van der Waals surface area contributed by atoms with E-state index in [1.807, 2.05) is 0 Å². The number of rotatable bonds is 7. The van der Waals surface area contributed by atoms with Crippen molar-refractivity contribution in [1.29, 1.82) is 0 Å². The second kappa shape index (κ2) is 11.3. The van der Waals surface area contributed by atoms with Crippen molar-refractivity contribution in [2.45, 2.75) is 30.7 Å². The summed E-state index contributed by atoms with van der Waals surface area (Å²) in [5.74, 6) is -0.652. The second-order valence-corrected chi connectivity index (χ2v) is 8.46. The van der Waals surface area contributed by atoms with Crippen LogP contribution in [-0.2, 0) is 9.47 Å². The maximum Gasteiger partial charge on any atom is 0.338 e. The van der Waals surface area contributed by atoms with E-state index in [0.717, 1.165) is 5.56 Å². The third kappa shape index (κ3) is 6.57. The Balaban J connectivity index is 1.43. The lowest BCUT2D eigenvalue weighted by Gasteiger charge is -2.39. The molecule has 0 amide bonds. The fraction of sp³-hybridized carbons (Fsp3) is 0.222. The fourth-order valence-corrected chi connectivity index (χ4v) is 3.67. The molecule has 0 bridgehead atoms. The van der Waals surface area contributed by atoms with Gasteiger partial charge in [0, 0.05) is 6.07 Å². The zero-order chi connectivity index (χ0) is 26.5. The number of aromatic hydroxyl groups is 3. The Morgan fingerprint density at radius 1 is 0.757 bits per heavy atom. The molecule has 0 unspecified atom stereocenters. The van der Waals surface area contributed by atoms with E-state index in [4.69, 9.17) is 14.2 Å². The largest absolute Gasteiger partial charge is 0.508 e. The fourth-order valence-electron chi connectivity index (χ4n) is 3.67. The molecule has 6 N–H and O–H groups in total. The van der Waals surface area contributed by atoms with Crippen molar-refractivity contribution in [1.82, 2.24) is 0 Å². The highest BCUT2D eigenvalue weighted by Gasteiger charge is 2.45. The van der Waals surface area contributed by atoms with Crippen molar-refractivity contribution >= 4 is 18.1 Å². The molecule has 194 valence electrons. The van der Waals surface area contributed by atoms with Crippen molar-refractivity contribution in [3.8, 4) is 23.0 Å². The van der Waals surface area contributed by atoms with Gasteiger partial charge >= 0.3 is 5.97 Å². The van der Waals surface area contributed by atoms with E-state index in [1.54, 1.807) is 30.4 Å². The molecule has 0 aromatic heterocycles. The molecule has 1 fully saturated rings. The first kappa shape index (κ1) is 26.0. The number of carbonyl (C=O) groups is 1. The predicted molar refractivity (Wildman–Crippen MR) is 131 cm³/mol. The van der Waals surface area contributed by atoms with Gasteiger partial charge in [0.15, 0.2) is 0 Å². The molecule has 0 aliphatic carbocycles. The Bertz CT molecular complexity index is 1240. The molecule has 1 saturated heterocycles. The first-order chi connectivity index (χ1) is 17.7. The molecule has 1 aliphatic rings. The third-order valence-electron chi connectivity index (χ3n) is 5.68. The minimum absolute atomic E-state index is 0.0226. The zero-order valence-electron chi connectivity index (χ0n) is 19.4. The van der Waals surface area contributed by atoms with Gasteiger partial charge in [0.25, 0.3) is 0 Å². The SMILES string of the molecule is O=C(OC[C@H]1O[C@@H](Oc2cc(O)cc(C=Cc3ccc(O)cc3)c2)[C@H](O)[C@@H](O)[C@@H]1O)c1ccc(O)cc1. The average Bonchev–Trinajstić information content (AvgIpc) is 2.88. The van der Waals surface area contributed by atoms with Crippen LogP contribution < -0.4 is 4.74 Å². The third-order valence-corrected chi connectivity index (χ3v) is 5.68. The maximum atomic E-state index is 12.2. The van der Waals surface area contributed by atoms with Gasteiger partial charge in [0.2, 0.25) is 6.29 Å². The Labute approximate surface area is 211 Å². The summed E-state index contributed by atoms with van der Waals surface area (Å²) < 4.78 is 16.4. The lowest BCUT2D eigenvalue weighted by atomic mass is 9.99. The highest BCUT2D eigenvalue weighted by molar-refractivity contribution is 5.89. The number of esters is 1. The van der Waals surface area contributed by atoms with Gasteiger partial charge in [-0.15, -0.1) is 0 Å². The topological polar surface area (TPSA) is 166 Å². The van der Waals surface area contributed by atoms with Crippen LogP contribution in [-0.4, -0.2) is 73.9 Å². The van der Waals surface area contributed by atoms with Crippen molar-refractivity contribution < 1.29 is 49.6 Å². The van der Waals surface area contributed by atoms with Crippen LogP contribution in [0.25, 0.3) is 12.2 Å². The summed E-state index contributed by atoms with van der Waals surface area (Å²) in [6.45, 7) is -0.453. The summed E-state index contributed by atoms with van der Waals surface area (Å²) >= 11 is 0. The van der Waals surface area contributed by atoms with Gasteiger partial charge < -0.3 is 44.8 Å². The number of carbonyl (C=O) groups excluding carboxylic acids is 1. The highest BCUT2D eigenvalue weighted by Crippen LogP contribution is 2.29. The molecular weight excluding hydrogens is 484 g/mol. The molecule has 10 nitrogen and oxygen atoms in total. The van der Waals surface area contributed by atoms with Crippen LogP contribution in [0.4, 0.5) is 0 Å². The Kier molecular flexibility index (Phi) is 7.95. The lowest BCUT2D eigenvalue weighted by Crippen LogP contribution is -2.60. The molecule has 0 spiro atoms. The zero-order valence-corrected chi connectivity index (χ0v) is 19.4. The smallest absolute Gasteiger partial charge is 0.338 e. The van der Waals surface area contributed by atoms with Crippen LogP contribution in [0.1, 0.15) is 21.5 Å². The molecule has 5 atom stereocenters. The minimum Gasteiger partial charge on any atom is -0.508 e. The summed E-state index contributed by atoms with van der Waals surface area (Å²) in [6, 6.07) is 16.2. The van der Waals surface area contributed by atoms with Crippen LogP contribution in [0.5, 0.6) is 23.0 Å². The number of aliphatic hydroxyl groups excluding tert-OH is 3. The minimum atomic E-state index is -1.66. The molecule has 3 aromatic rings. The normalized spacial score (nSPS) is 23.6. The van der Waals surface area contributed by atoms with E-state index in [2.05, 4.69) is 0 Å². The quantitative estimate of drug-likeness (QED) is 0.204. The van der Waals surface area contributed by atoms with Crippen molar-refractivity contribution in [3.63, 3.8) is 0 Å². The average molecular weight is 510 g/mol. The van der Waals surface area contributed by atoms with Crippen molar-refractivity contribution in [2.24, 2.45) is 0 Å². The highest BCUT2D eigenvalue weighted by atomic mass is 16.7. The maximum absolute atomic E-state index is 12.2. The van der Waals surface area contributed by atoms with Gasteiger partial charge in [-0.2, -0.15) is 0 Å². The summed E-state index contributed by atoms with van der Waals surface area (Å²) in [7, 11) is 0. The van der Waals surface area contributed by atoms with E-state index in [1.165, 1.54) is 48.5 Å². The molecule has 4 rings (SSSR count). The van der Waals surface area contributed by atoms with Crippen LogP contribution in [0, 0.1) is 0 Å². The van der Waals surface area contributed by atoms with E-state index >= 15 is 0 Å². The number of phenolic OH excluding ortho intramolecular Hbond substituents is 3. The van der Waals surface area contributed by atoms with Crippen molar-refractivity contribution in [2.75, 3.05) is 6.61 Å². The molecule has 10 heteroatoms. The number of phenols is 3. The van der Waals surface area contributed by atoms with Crippen molar-refractivity contribution in [3.05, 3.63) is 83.4 Å². The van der Waals surface area contributed by atoms with Crippen LogP contribution in [0.15, 0.2) is 66.7 Å². The standard InChI is InChI=1S/C27H26O10/c28-18-7-3-15(4-8-18)1-2-16-11-20(30)13-21(12-16)36-27-25(33)24(32)23(31)22(37-27)14-35-26(34)17-5-9-19(29)10-6-17/h1-13,22-25,27-33H,14H2/t22-,23-,24+,25-,27-/m1/s1. The first-order valence-corrected chi connectivity index (χ1v) is 11.3. The molecule has 0 radical (unpaired) electrons. The van der Waals surface area contributed by atoms with Gasteiger partial charge in [0.1, 0.15) is 54.0 Å². The van der Waals surface area contributed by atoms with Crippen LogP contribution >= 0.6 is 0 Å². The van der Waals surface area contributed by atoms with E-state index < -0.39 is 43.3 Å². The molecule has 1 aliphatic heterocycles. The van der Waals surface area contributed by atoms with Gasteiger partial charge in [0.05, 0.1) is 5.56 Å². The molecule has 1 heterocycles. The van der Waals surface area contributed by atoms with Crippen LogP contribution in [0.2, 0.25) is 0 Å². The van der Waals surface area contributed by atoms with E-state index in [0.29, 0.717) is 5.56 Å². The molecule has 37 heavy (non-hydrogen) atoms. The molecular formula is C27H26O10.